The lowest BCUT2D eigenvalue weighted by atomic mass is 10.1. The first-order valence-corrected chi connectivity index (χ1v) is 10.9. The number of fused-ring (bicyclic) bond motifs is 3. The van der Waals surface area contributed by atoms with E-state index in [4.69, 9.17) is 4.42 Å². The fourth-order valence-electron chi connectivity index (χ4n) is 3.74. The van der Waals surface area contributed by atoms with Gasteiger partial charge < -0.3 is 24.3 Å². The highest BCUT2D eigenvalue weighted by Crippen LogP contribution is 2.39. The van der Waals surface area contributed by atoms with Crippen LogP contribution in [-0.4, -0.2) is 19.9 Å². The summed E-state index contributed by atoms with van der Waals surface area (Å²) in [6, 6.07) is 16.7. The summed E-state index contributed by atoms with van der Waals surface area (Å²) in [6.07, 6.45) is 0. The molecule has 5 rings (SSSR count). The maximum absolute atomic E-state index is 13.6. The molecule has 0 radical (unpaired) electrons. The van der Waals surface area contributed by atoms with Crippen LogP contribution in [0, 0.1) is 5.82 Å². The zero-order chi connectivity index (χ0) is 24.0. The van der Waals surface area contributed by atoms with Crippen LogP contribution >= 0.6 is 11.8 Å². The van der Waals surface area contributed by atoms with Gasteiger partial charge in [-0.25, -0.2) is 9.18 Å². The van der Waals surface area contributed by atoms with Crippen molar-refractivity contribution >= 4 is 33.6 Å². The summed E-state index contributed by atoms with van der Waals surface area (Å²) >= 11 is 0.833. The van der Waals surface area contributed by atoms with E-state index in [0.29, 0.717) is 4.90 Å². The molecule has 3 N–H and O–H groups in total. The molecule has 34 heavy (non-hydrogen) atoms. The lowest BCUT2D eigenvalue weighted by Crippen LogP contribution is -2.22. The molecule has 7 nitrogen and oxygen atoms in total. The van der Waals surface area contributed by atoms with E-state index in [1.165, 1.54) is 41.0 Å². The van der Waals surface area contributed by atoms with E-state index in [1.54, 1.807) is 12.1 Å². The molecule has 0 bridgehead atoms. The van der Waals surface area contributed by atoms with Crippen molar-refractivity contribution in [1.82, 2.24) is 4.57 Å². The quantitative estimate of drug-likeness (QED) is 0.257. The van der Waals surface area contributed by atoms with Crippen molar-refractivity contribution in [2.45, 2.75) is 16.3 Å². The van der Waals surface area contributed by atoms with E-state index in [1.807, 2.05) is 18.2 Å². The normalized spacial score (nSPS) is 11.3. The van der Waals surface area contributed by atoms with Crippen molar-refractivity contribution in [2.75, 3.05) is 0 Å². The Balaban J connectivity index is 1.82. The lowest BCUT2D eigenvalue weighted by Gasteiger charge is -2.15. The number of nitrogens with zero attached hydrogens (tertiary/aromatic N) is 1. The topological polar surface area (TPSA) is 113 Å². The highest BCUT2D eigenvalue weighted by molar-refractivity contribution is 7.99. The zero-order valence-corrected chi connectivity index (χ0v) is 18.2. The molecule has 3 aromatic carbocycles. The standard InChI is InChI=1S/C25H16FNO6S/c26-14-6-8-15(9-7-14)34-23-21(30)20-22(33-25(23)32)16-10-18(28)19(29)11-17(16)27(24(20)31)12-13-4-2-1-3-5-13/h1-11,28-30H,12H2. The van der Waals surface area contributed by atoms with E-state index >= 15 is 0 Å². The van der Waals surface area contributed by atoms with Crippen LogP contribution < -0.4 is 11.2 Å². The Bertz CT molecular complexity index is 1680. The monoisotopic (exact) mass is 477 g/mol. The smallest absolute Gasteiger partial charge is 0.354 e. The minimum absolute atomic E-state index is 0.0926. The molecule has 0 atom stereocenters. The third-order valence-electron chi connectivity index (χ3n) is 5.36. The Morgan fingerprint density at radius 3 is 2.29 bits per heavy atom. The highest BCUT2D eigenvalue weighted by Gasteiger charge is 2.23. The maximum Gasteiger partial charge on any atom is 0.354 e. The van der Waals surface area contributed by atoms with Crippen LogP contribution in [0.4, 0.5) is 4.39 Å². The van der Waals surface area contributed by atoms with Gasteiger partial charge in [-0.2, -0.15) is 0 Å². The van der Waals surface area contributed by atoms with Crippen LogP contribution in [0.2, 0.25) is 0 Å². The van der Waals surface area contributed by atoms with Crippen molar-refractivity contribution in [3.8, 4) is 17.2 Å². The van der Waals surface area contributed by atoms with E-state index in [-0.39, 0.29) is 33.3 Å². The Kier molecular flexibility index (Phi) is 5.25. The van der Waals surface area contributed by atoms with Gasteiger partial charge in [0.05, 0.1) is 12.1 Å². The molecule has 0 saturated heterocycles. The number of hydrogen-bond acceptors (Lipinski definition) is 7. The molecule has 5 aromatic rings. The van der Waals surface area contributed by atoms with Crippen molar-refractivity contribution < 1.29 is 24.1 Å². The van der Waals surface area contributed by atoms with E-state index < -0.39 is 34.3 Å². The third kappa shape index (κ3) is 3.65. The van der Waals surface area contributed by atoms with Gasteiger partial charge in [-0.1, -0.05) is 42.1 Å². The largest absolute Gasteiger partial charge is 0.505 e. The predicted molar refractivity (Wildman–Crippen MR) is 125 cm³/mol. The Morgan fingerprint density at radius 2 is 1.59 bits per heavy atom. The van der Waals surface area contributed by atoms with Gasteiger partial charge in [0.1, 0.15) is 16.1 Å². The fraction of sp³-hybridized carbons (Fsp3) is 0.0400. The first kappa shape index (κ1) is 21.6. The van der Waals surface area contributed by atoms with Crippen LogP contribution in [-0.2, 0) is 6.54 Å². The number of phenols is 2. The number of benzene rings is 3. The molecule has 2 aromatic heterocycles. The minimum Gasteiger partial charge on any atom is -0.505 e. The summed E-state index contributed by atoms with van der Waals surface area (Å²) in [5.41, 5.74) is -0.800. The molecule has 0 aliphatic rings. The molecular formula is C25H16FNO6S. The molecule has 0 unspecified atom stereocenters. The molecule has 170 valence electrons. The van der Waals surface area contributed by atoms with E-state index in [0.717, 1.165) is 17.3 Å². The van der Waals surface area contributed by atoms with Crippen LogP contribution in [0.5, 0.6) is 17.2 Å². The summed E-state index contributed by atoms with van der Waals surface area (Å²) in [4.78, 5) is 26.6. The first-order valence-electron chi connectivity index (χ1n) is 10.1. The number of phenolic OH excluding ortho intramolecular Hbond substituents is 2. The predicted octanol–water partition coefficient (Wildman–Crippen LogP) is 4.56. The summed E-state index contributed by atoms with van der Waals surface area (Å²) in [6.45, 7) is 0.0926. The van der Waals surface area contributed by atoms with Crippen LogP contribution in [0.1, 0.15) is 5.56 Å². The number of hydrogen-bond donors (Lipinski definition) is 3. The van der Waals surface area contributed by atoms with Crippen molar-refractivity contribution in [2.24, 2.45) is 0 Å². The SMILES string of the molecule is O=c1oc2c(c(O)c1Sc1ccc(F)cc1)c(=O)n(Cc1ccccc1)c1cc(O)c(O)cc21. The van der Waals surface area contributed by atoms with E-state index in [9.17, 15) is 29.3 Å². The summed E-state index contributed by atoms with van der Waals surface area (Å²) in [5, 5.41) is 31.1. The number of rotatable bonds is 4. The highest BCUT2D eigenvalue weighted by atomic mass is 32.2. The molecule has 0 aliphatic heterocycles. The van der Waals surface area contributed by atoms with Crippen LogP contribution in [0.3, 0.4) is 0 Å². The van der Waals surface area contributed by atoms with Gasteiger partial charge in [-0.15, -0.1) is 0 Å². The average molecular weight is 477 g/mol. The summed E-state index contributed by atoms with van der Waals surface area (Å²) in [7, 11) is 0. The summed E-state index contributed by atoms with van der Waals surface area (Å²) in [5.74, 6) is -1.98. The summed E-state index contributed by atoms with van der Waals surface area (Å²) < 4.78 is 20.0. The van der Waals surface area contributed by atoms with Gasteiger partial charge >= 0.3 is 5.63 Å². The second kappa shape index (κ2) is 8.27. The van der Waals surface area contributed by atoms with E-state index in [2.05, 4.69) is 0 Å². The minimum atomic E-state index is -0.909. The fourth-order valence-corrected chi connectivity index (χ4v) is 4.58. The second-order valence-electron chi connectivity index (χ2n) is 7.56. The van der Waals surface area contributed by atoms with Gasteiger partial charge in [0.2, 0.25) is 0 Å². The van der Waals surface area contributed by atoms with Crippen molar-refractivity contribution in [3.63, 3.8) is 0 Å². The molecule has 0 fully saturated rings. The molecule has 9 heteroatoms. The molecule has 0 spiro atoms. The molecule has 0 saturated carbocycles. The second-order valence-corrected chi connectivity index (χ2v) is 8.65. The van der Waals surface area contributed by atoms with Gasteiger partial charge in [0.15, 0.2) is 22.8 Å². The Hall–Kier alpha value is -4.24. The Morgan fingerprint density at radius 1 is 0.912 bits per heavy atom. The zero-order valence-electron chi connectivity index (χ0n) is 17.4. The average Bonchev–Trinajstić information content (AvgIpc) is 2.82. The number of aromatic nitrogens is 1. The first-order chi connectivity index (χ1) is 16.3. The molecule has 0 amide bonds. The molecule has 2 heterocycles. The van der Waals surface area contributed by atoms with Gasteiger partial charge in [-0.05, 0) is 35.9 Å². The van der Waals surface area contributed by atoms with Gasteiger partial charge in [0, 0.05) is 16.3 Å². The van der Waals surface area contributed by atoms with Crippen LogP contribution in [0.25, 0.3) is 21.9 Å². The Labute approximate surface area is 195 Å². The molecular weight excluding hydrogens is 461 g/mol. The number of aromatic hydroxyl groups is 3. The number of halogens is 1. The number of pyridine rings is 1. The van der Waals surface area contributed by atoms with Gasteiger partial charge in [-0.3, -0.25) is 4.79 Å². The maximum atomic E-state index is 13.6. The third-order valence-corrected chi connectivity index (χ3v) is 6.44. The van der Waals surface area contributed by atoms with Gasteiger partial charge in [0.25, 0.3) is 5.56 Å². The lowest BCUT2D eigenvalue weighted by molar-refractivity contribution is 0.404. The van der Waals surface area contributed by atoms with Crippen molar-refractivity contribution in [1.29, 1.82) is 0 Å². The molecule has 0 aliphatic carbocycles. The van der Waals surface area contributed by atoms with Crippen LogP contribution in [0.15, 0.2) is 90.5 Å². The van der Waals surface area contributed by atoms with Crippen molar-refractivity contribution in [3.05, 3.63) is 98.9 Å².